The SMILES string of the molecule is CCCC(CCN(C)C)C/C1=C/C/C(C=O)=C\C/C=C\C1. The van der Waals surface area contributed by atoms with E-state index in [-0.39, 0.29) is 0 Å². The molecule has 2 nitrogen and oxygen atoms in total. The first-order chi connectivity index (χ1) is 10.2. The summed E-state index contributed by atoms with van der Waals surface area (Å²) in [5.41, 5.74) is 2.41. The van der Waals surface area contributed by atoms with E-state index in [1.807, 2.05) is 6.08 Å². The molecule has 0 aromatic carbocycles. The van der Waals surface area contributed by atoms with E-state index in [9.17, 15) is 4.79 Å². The quantitative estimate of drug-likeness (QED) is 0.483. The molecule has 0 fully saturated rings. The van der Waals surface area contributed by atoms with Gasteiger partial charge < -0.3 is 4.90 Å². The van der Waals surface area contributed by atoms with Crippen LogP contribution in [0.5, 0.6) is 0 Å². The highest BCUT2D eigenvalue weighted by atomic mass is 16.1. The minimum atomic E-state index is 0.765. The Labute approximate surface area is 130 Å². The summed E-state index contributed by atoms with van der Waals surface area (Å²) in [6, 6.07) is 0. The minimum absolute atomic E-state index is 0.765. The second kappa shape index (κ2) is 10.6. The van der Waals surface area contributed by atoms with Crippen molar-refractivity contribution in [2.24, 2.45) is 5.92 Å². The van der Waals surface area contributed by atoms with Crippen molar-refractivity contribution in [1.29, 1.82) is 0 Å². The number of allylic oxidation sites excluding steroid dienone is 6. The number of hydrogen-bond acceptors (Lipinski definition) is 2. The lowest BCUT2D eigenvalue weighted by atomic mass is 9.90. The number of rotatable bonds is 8. The largest absolute Gasteiger partial charge is 0.309 e. The summed E-state index contributed by atoms with van der Waals surface area (Å²) in [5, 5.41) is 0. The van der Waals surface area contributed by atoms with Crippen molar-refractivity contribution in [2.75, 3.05) is 20.6 Å². The zero-order chi connectivity index (χ0) is 15.5. The maximum absolute atomic E-state index is 11.0. The maximum Gasteiger partial charge on any atom is 0.146 e. The maximum atomic E-state index is 11.0. The van der Waals surface area contributed by atoms with Gasteiger partial charge >= 0.3 is 0 Å². The molecule has 0 saturated heterocycles. The highest BCUT2D eigenvalue weighted by molar-refractivity contribution is 5.73. The third kappa shape index (κ3) is 8.01. The fourth-order valence-corrected chi connectivity index (χ4v) is 2.81. The number of carbonyl (C=O) groups excluding carboxylic acids is 1. The molecule has 0 amide bonds. The number of aldehydes is 1. The highest BCUT2D eigenvalue weighted by Crippen LogP contribution is 2.24. The first kappa shape index (κ1) is 17.9. The Morgan fingerprint density at radius 3 is 2.67 bits per heavy atom. The fourth-order valence-electron chi connectivity index (χ4n) is 2.81. The zero-order valence-corrected chi connectivity index (χ0v) is 14.0. The van der Waals surface area contributed by atoms with Crippen LogP contribution in [0.4, 0.5) is 0 Å². The van der Waals surface area contributed by atoms with Crippen molar-refractivity contribution in [2.45, 2.75) is 51.9 Å². The van der Waals surface area contributed by atoms with E-state index in [0.717, 1.165) is 43.6 Å². The smallest absolute Gasteiger partial charge is 0.146 e. The Morgan fingerprint density at radius 2 is 2.00 bits per heavy atom. The van der Waals surface area contributed by atoms with E-state index in [2.05, 4.69) is 44.1 Å². The van der Waals surface area contributed by atoms with Crippen LogP contribution in [0, 0.1) is 5.92 Å². The van der Waals surface area contributed by atoms with Gasteiger partial charge in [0.05, 0.1) is 0 Å². The standard InChI is InChI=1S/C19H31NO/c1-4-8-17(13-14-20(2)3)15-18-9-6-5-7-10-19(16-21)12-11-18/h5-6,10-11,16-17H,4,7-9,12-15H2,1-3H3/b6-5-,18-11+,19-10+. The van der Waals surface area contributed by atoms with E-state index in [1.54, 1.807) is 0 Å². The summed E-state index contributed by atoms with van der Waals surface area (Å²) >= 11 is 0. The van der Waals surface area contributed by atoms with Crippen LogP contribution < -0.4 is 0 Å². The van der Waals surface area contributed by atoms with E-state index >= 15 is 0 Å². The van der Waals surface area contributed by atoms with E-state index in [1.165, 1.54) is 31.3 Å². The lowest BCUT2D eigenvalue weighted by Gasteiger charge is -2.20. The van der Waals surface area contributed by atoms with Crippen LogP contribution in [0.3, 0.4) is 0 Å². The molecule has 0 N–H and O–H groups in total. The van der Waals surface area contributed by atoms with Crippen LogP contribution >= 0.6 is 0 Å². The van der Waals surface area contributed by atoms with Gasteiger partial charge in [-0.3, -0.25) is 4.79 Å². The van der Waals surface area contributed by atoms with E-state index < -0.39 is 0 Å². The molecule has 21 heavy (non-hydrogen) atoms. The Balaban J connectivity index is 2.65. The van der Waals surface area contributed by atoms with Crippen LogP contribution in [0.1, 0.15) is 51.9 Å². The highest BCUT2D eigenvalue weighted by Gasteiger charge is 2.11. The molecule has 0 aliphatic heterocycles. The van der Waals surface area contributed by atoms with Crippen LogP contribution in [-0.2, 0) is 4.79 Å². The van der Waals surface area contributed by atoms with Gasteiger partial charge in [-0.2, -0.15) is 0 Å². The fraction of sp³-hybridized carbons (Fsp3) is 0.632. The van der Waals surface area contributed by atoms with Gasteiger partial charge in [-0.1, -0.05) is 49.6 Å². The van der Waals surface area contributed by atoms with Crippen molar-refractivity contribution in [1.82, 2.24) is 4.90 Å². The predicted molar refractivity (Wildman–Crippen MR) is 91.4 cm³/mol. The van der Waals surface area contributed by atoms with Gasteiger partial charge in [-0.25, -0.2) is 0 Å². The molecule has 2 heteroatoms. The van der Waals surface area contributed by atoms with E-state index in [4.69, 9.17) is 0 Å². The molecule has 0 aromatic heterocycles. The summed E-state index contributed by atoms with van der Waals surface area (Å²) in [5.74, 6) is 0.765. The summed E-state index contributed by atoms with van der Waals surface area (Å²) < 4.78 is 0. The minimum Gasteiger partial charge on any atom is -0.309 e. The second-order valence-electron chi connectivity index (χ2n) is 6.33. The van der Waals surface area contributed by atoms with Gasteiger partial charge in [0.2, 0.25) is 0 Å². The summed E-state index contributed by atoms with van der Waals surface area (Å²) in [4.78, 5) is 13.3. The monoisotopic (exact) mass is 289 g/mol. The molecule has 1 atom stereocenters. The van der Waals surface area contributed by atoms with Crippen molar-refractivity contribution < 1.29 is 4.79 Å². The zero-order valence-electron chi connectivity index (χ0n) is 14.0. The Morgan fingerprint density at radius 1 is 1.19 bits per heavy atom. The molecule has 118 valence electrons. The summed E-state index contributed by atoms with van der Waals surface area (Å²) in [7, 11) is 4.29. The van der Waals surface area contributed by atoms with Gasteiger partial charge in [0.1, 0.15) is 6.29 Å². The molecule has 1 unspecified atom stereocenters. The molecular formula is C19H31NO. The molecule has 0 heterocycles. The molecule has 1 aliphatic rings. The normalized spacial score (nSPS) is 24.0. The Bertz CT molecular complexity index is 390. The van der Waals surface area contributed by atoms with Crippen LogP contribution in [0.25, 0.3) is 0 Å². The average Bonchev–Trinajstić information content (AvgIpc) is 2.57. The Hall–Kier alpha value is -1.15. The van der Waals surface area contributed by atoms with Crippen molar-refractivity contribution in [3.63, 3.8) is 0 Å². The number of nitrogens with zero attached hydrogens (tertiary/aromatic N) is 1. The van der Waals surface area contributed by atoms with Crippen LogP contribution in [-0.4, -0.2) is 31.8 Å². The number of hydrogen-bond donors (Lipinski definition) is 0. The molecular weight excluding hydrogens is 258 g/mol. The van der Waals surface area contributed by atoms with Gasteiger partial charge in [0.15, 0.2) is 0 Å². The third-order valence-electron chi connectivity index (χ3n) is 4.07. The van der Waals surface area contributed by atoms with Gasteiger partial charge in [0, 0.05) is 0 Å². The third-order valence-corrected chi connectivity index (χ3v) is 4.07. The molecule has 0 saturated carbocycles. The average molecular weight is 289 g/mol. The van der Waals surface area contributed by atoms with E-state index in [0.29, 0.717) is 0 Å². The summed E-state index contributed by atoms with van der Waals surface area (Å²) in [6.07, 6.45) is 17.5. The molecule has 0 spiro atoms. The number of carbonyl (C=O) groups is 1. The van der Waals surface area contributed by atoms with Crippen molar-refractivity contribution >= 4 is 6.29 Å². The first-order valence-corrected chi connectivity index (χ1v) is 8.27. The summed E-state index contributed by atoms with van der Waals surface area (Å²) in [6.45, 7) is 3.43. The van der Waals surface area contributed by atoms with Gasteiger partial charge in [0.25, 0.3) is 0 Å². The molecule has 0 bridgehead atoms. The second-order valence-corrected chi connectivity index (χ2v) is 6.33. The first-order valence-electron chi connectivity index (χ1n) is 8.27. The van der Waals surface area contributed by atoms with Crippen molar-refractivity contribution in [3.05, 3.63) is 35.5 Å². The molecule has 1 aliphatic carbocycles. The topological polar surface area (TPSA) is 20.3 Å². The lowest BCUT2D eigenvalue weighted by molar-refractivity contribution is -0.105. The lowest BCUT2D eigenvalue weighted by Crippen LogP contribution is -2.17. The molecule has 0 radical (unpaired) electrons. The van der Waals surface area contributed by atoms with Crippen molar-refractivity contribution in [3.8, 4) is 0 Å². The van der Waals surface area contributed by atoms with Gasteiger partial charge in [-0.05, 0) is 64.2 Å². The predicted octanol–water partition coefficient (Wildman–Crippen LogP) is 4.54. The van der Waals surface area contributed by atoms with Crippen LogP contribution in [0.2, 0.25) is 0 Å². The van der Waals surface area contributed by atoms with Gasteiger partial charge in [-0.15, -0.1) is 0 Å². The molecule has 1 rings (SSSR count). The Kier molecular flexibility index (Phi) is 9.00. The molecule has 0 aromatic rings. The van der Waals surface area contributed by atoms with Crippen LogP contribution in [0.15, 0.2) is 35.5 Å².